The van der Waals surface area contributed by atoms with Crippen LogP contribution in [0.4, 0.5) is 0 Å². The summed E-state index contributed by atoms with van der Waals surface area (Å²) in [6, 6.07) is 0. The van der Waals surface area contributed by atoms with Crippen molar-refractivity contribution < 1.29 is 29.1 Å². The predicted molar refractivity (Wildman–Crippen MR) is 27.9 cm³/mol. The summed E-state index contributed by atoms with van der Waals surface area (Å²) in [5, 5.41) is 7.42. The third-order valence-electron chi connectivity index (χ3n) is 0. The first-order chi connectivity index (χ1) is 3.73. The minimum absolute atomic E-state index is 0.833. The van der Waals surface area contributed by atoms with E-state index >= 15 is 0 Å². The second-order valence-corrected chi connectivity index (χ2v) is 2.32. The first kappa shape index (κ1) is 11.3. The number of carbonyl (C=O) groups is 1. The van der Waals surface area contributed by atoms with Crippen LogP contribution >= 0.6 is 0 Å². The maximum absolute atomic E-state index is 9.00. The zero-order chi connectivity index (χ0) is 8.08. The number of hydrogen-bond donors (Lipinski definition) is 5. The Labute approximate surface area is 52.1 Å². The van der Waals surface area contributed by atoms with Crippen LogP contribution in [0.5, 0.6) is 0 Å². The largest absolute Gasteiger partial charge is 0.668 e. The fraction of sp³-hybridized carbons (Fsp3) is 0.500. The Kier molecular flexibility index (Phi) is 5.56. The Bertz CT molecular complexity index is 73.5. The molecule has 0 aromatic heterocycles. The molecular weight excluding hydrogens is 148 g/mol. The van der Waals surface area contributed by atoms with E-state index in [0.717, 1.165) is 6.92 Å². The average molecular weight is 156 g/mol. The Balaban J connectivity index is 0. The van der Waals surface area contributed by atoms with Crippen LogP contribution in [0.2, 0.25) is 0 Å². The maximum Gasteiger partial charge on any atom is 0.668 e. The van der Waals surface area contributed by atoms with Gasteiger partial charge in [-0.25, -0.2) is 0 Å². The van der Waals surface area contributed by atoms with Crippen LogP contribution in [0.3, 0.4) is 0 Å². The van der Waals surface area contributed by atoms with Crippen molar-refractivity contribution in [2.45, 2.75) is 6.92 Å². The van der Waals surface area contributed by atoms with Crippen LogP contribution in [0.25, 0.3) is 0 Å². The van der Waals surface area contributed by atoms with Gasteiger partial charge in [0, 0.05) is 6.92 Å². The quantitative estimate of drug-likeness (QED) is 0.247. The van der Waals surface area contributed by atoms with E-state index in [-0.39, 0.29) is 0 Å². The molecule has 0 saturated carbocycles. The molecule has 0 aromatic carbocycles. The molecule has 0 aliphatic heterocycles. The van der Waals surface area contributed by atoms with Crippen LogP contribution in [0, 0.1) is 0 Å². The molecule has 5 N–H and O–H groups in total. The summed E-state index contributed by atoms with van der Waals surface area (Å²) < 4.78 is 0. The minimum Gasteiger partial charge on any atom is -0.481 e. The van der Waals surface area contributed by atoms with E-state index in [2.05, 4.69) is 0 Å². The SMILES string of the molecule is CC(=O)O.O[Si](O)(O)O. The molecular formula is C2H8O6Si. The first-order valence-corrected chi connectivity index (χ1v) is 3.61. The third kappa shape index (κ3) is 1030. The van der Waals surface area contributed by atoms with Gasteiger partial charge >= 0.3 is 9.05 Å². The van der Waals surface area contributed by atoms with Crippen LogP contribution in [-0.2, 0) is 4.79 Å². The summed E-state index contributed by atoms with van der Waals surface area (Å²) in [4.78, 5) is 38.3. The molecule has 0 aliphatic carbocycles. The number of carboxylic acids is 1. The van der Waals surface area contributed by atoms with Gasteiger partial charge in [0.2, 0.25) is 0 Å². The Morgan fingerprint density at radius 3 is 1.22 bits per heavy atom. The Morgan fingerprint density at radius 2 is 1.22 bits per heavy atom. The summed E-state index contributed by atoms with van der Waals surface area (Å²) in [6.45, 7) is 1.08. The van der Waals surface area contributed by atoms with Gasteiger partial charge in [-0.05, 0) is 0 Å². The van der Waals surface area contributed by atoms with Gasteiger partial charge < -0.3 is 24.3 Å². The van der Waals surface area contributed by atoms with Crippen molar-refractivity contribution in [2.75, 3.05) is 0 Å². The minimum atomic E-state index is -4.61. The molecule has 0 unspecified atom stereocenters. The molecule has 0 fully saturated rings. The van der Waals surface area contributed by atoms with Crippen molar-refractivity contribution in [1.82, 2.24) is 0 Å². The van der Waals surface area contributed by atoms with Gasteiger partial charge in [0.15, 0.2) is 0 Å². The maximum atomic E-state index is 9.00. The number of aliphatic carboxylic acids is 1. The summed E-state index contributed by atoms with van der Waals surface area (Å²) in [5.74, 6) is -0.833. The molecule has 0 aliphatic rings. The van der Waals surface area contributed by atoms with Crippen molar-refractivity contribution in [3.8, 4) is 0 Å². The molecule has 7 heteroatoms. The predicted octanol–water partition coefficient (Wildman–Crippen LogP) is -2.52. The molecule has 0 atom stereocenters. The van der Waals surface area contributed by atoms with E-state index < -0.39 is 15.0 Å². The molecule has 0 saturated heterocycles. The van der Waals surface area contributed by atoms with E-state index in [0.29, 0.717) is 0 Å². The van der Waals surface area contributed by atoms with Crippen molar-refractivity contribution in [1.29, 1.82) is 0 Å². The highest BCUT2D eigenvalue weighted by Crippen LogP contribution is 1.67. The molecule has 0 amide bonds. The molecule has 56 valence electrons. The normalized spacial score (nSPS) is 9.44. The van der Waals surface area contributed by atoms with Crippen molar-refractivity contribution in [2.24, 2.45) is 0 Å². The van der Waals surface area contributed by atoms with Gasteiger partial charge in [-0.1, -0.05) is 0 Å². The fourth-order valence-electron chi connectivity index (χ4n) is 0. The van der Waals surface area contributed by atoms with Crippen LogP contribution in [0.15, 0.2) is 0 Å². The summed E-state index contributed by atoms with van der Waals surface area (Å²) >= 11 is 0. The van der Waals surface area contributed by atoms with E-state index in [9.17, 15) is 0 Å². The van der Waals surface area contributed by atoms with E-state index in [4.69, 9.17) is 29.1 Å². The monoisotopic (exact) mass is 156 g/mol. The van der Waals surface area contributed by atoms with Crippen LogP contribution < -0.4 is 0 Å². The highest BCUT2D eigenvalue weighted by molar-refractivity contribution is 6.46. The van der Waals surface area contributed by atoms with Gasteiger partial charge in [-0.2, -0.15) is 0 Å². The lowest BCUT2D eigenvalue weighted by Gasteiger charge is -1.91. The van der Waals surface area contributed by atoms with Crippen molar-refractivity contribution in [3.05, 3.63) is 0 Å². The van der Waals surface area contributed by atoms with E-state index in [1.165, 1.54) is 0 Å². The second-order valence-electron chi connectivity index (χ2n) is 1.12. The van der Waals surface area contributed by atoms with E-state index in [1.54, 1.807) is 0 Å². The first-order valence-electron chi connectivity index (χ1n) is 1.82. The Hall–Kier alpha value is -0.473. The molecule has 0 spiro atoms. The summed E-state index contributed by atoms with van der Waals surface area (Å²) in [5.41, 5.74) is 0. The number of rotatable bonds is 0. The number of hydrogen-bond acceptors (Lipinski definition) is 5. The van der Waals surface area contributed by atoms with Gasteiger partial charge in [0.25, 0.3) is 5.97 Å². The topological polar surface area (TPSA) is 118 Å². The molecule has 6 nitrogen and oxygen atoms in total. The lowest BCUT2D eigenvalue weighted by Crippen LogP contribution is -2.33. The molecule has 0 rings (SSSR count). The van der Waals surface area contributed by atoms with Crippen LogP contribution in [0.1, 0.15) is 6.92 Å². The van der Waals surface area contributed by atoms with Crippen molar-refractivity contribution >= 4 is 15.0 Å². The highest BCUT2D eigenvalue weighted by atomic mass is 28.4. The van der Waals surface area contributed by atoms with Gasteiger partial charge in [0.05, 0.1) is 0 Å². The molecule has 0 heterocycles. The third-order valence-corrected chi connectivity index (χ3v) is 0. The van der Waals surface area contributed by atoms with Gasteiger partial charge in [-0.15, -0.1) is 0 Å². The summed E-state index contributed by atoms with van der Waals surface area (Å²) in [7, 11) is -4.61. The summed E-state index contributed by atoms with van der Waals surface area (Å²) in [6.07, 6.45) is 0. The van der Waals surface area contributed by atoms with E-state index in [1.807, 2.05) is 0 Å². The zero-order valence-electron chi connectivity index (χ0n) is 4.64. The lowest BCUT2D eigenvalue weighted by molar-refractivity contribution is -0.134. The van der Waals surface area contributed by atoms with Gasteiger partial charge in [0.1, 0.15) is 0 Å². The standard InChI is InChI=1S/C2H4O2.H4O4Si/c1-2(3)4;1-5(2,3)4/h1H3,(H,3,4);1-4H. The molecule has 9 heavy (non-hydrogen) atoms. The van der Waals surface area contributed by atoms with Crippen LogP contribution in [-0.4, -0.2) is 39.3 Å². The average Bonchev–Trinajstić information content (AvgIpc) is 1.19. The zero-order valence-corrected chi connectivity index (χ0v) is 5.64. The second kappa shape index (κ2) is 4.41. The fourth-order valence-corrected chi connectivity index (χ4v) is 0. The molecule has 0 aromatic rings. The molecule has 0 radical (unpaired) electrons. The van der Waals surface area contributed by atoms with Gasteiger partial charge in [-0.3, -0.25) is 4.79 Å². The number of carboxylic acid groups (broad SMARTS) is 1. The smallest absolute Gasteiger partial charge is 0.481 e. The van der Waals surface area contributed by atoms with Crippen molar-refractivity contribution in [3.63, 3.8) is 0 Å². The lowest BCUT2D eigenvalue weighted by atomic mass is 10.9. The Morgan fingerprint density at radius 1 is 1.22 bits per heavy atom. The molecule has 0 bridgehead atoms. The highest BCUT2D eigenvalue weighted by Gasteiger charge is 2.22.